The van der Waals surface area contributed by atoms with Crippen molar-refractivity contribution < 1.29 is 0 Å². The monoisotopic (exact) mass is 238 g/mol. The zero-order valence-corrected chi connectivity index (χ0v) is 11.9. The first-order valence-electron chi connectivity index (χ1n) is 7.60. The summed E-state index contributed by atoms with van der Waals surface area (Å²) in [7, 11) is 4.49. The molecule has 2 aliphatic carbocycles. The summed E-state index contributed by atoms with van der Waals surface area (Å²) in [6, 6.07) is 2.51. The van der Waals surface area contributed by atoms with Gasteiger partial charge < -0.3 is 10.2 Å². The molecule has 0 heterocycles. The van der Waals surface area contributed by atoms with Gasteiger partial charge in [-0.1, -0.05) is 19.8 Å². The van der Waals surface area contributed by atoms with Crippen LogP contribution in [0, 0.1) is 5.92 Å². The van der Waals surface area contributed by atoms with Crippen LogP contribution in [-0.4, -0.2) is 37.1 Å². The predicted molar refractivity (Wildman–Crippen MR) is 74.3 cm³/mol. The van der Waals surface area contributed by atoms with E-state index in [0.717, 1.165) is 24.0 Å². The fourth-order valence-corrected chi connectivity index (χ4v) is 3.84. The van der Waals surface area contributed by atoms with Gasteiger partial charge in [-0.15, -0.1) is 0 Å². The molecule has 2 aliphatic rings. The number of nitrogens with one attached hydrogen (secondary N) is 1. The highest BCUT2D eigenvalue weighted by molar-refractivity contribution is 4.86. The quantitative estimate of drug-likeness (QED) is 0.813. The molecule has 1 N–H and O–H groups in total. The van der Waals surface area contributed by atoms with Gasteiger partial charge in [0.25, 0.3) is 0 Å². The Bertz CT molecular complexity index is 221. The summed E-state index contributed by atoms with van der Waals surface area (Å²) in [6.45, 7) is 2.43. The van der Waals surface area contributed by atoms with Crippen molar-refractivity contribution in [2.45, 2.75) is 76.4 Å². The predicted octanol–water partition coefficient (Wildman–Crippen LogP) is 3.03. The van der Waals surface area contributed by atoms with Crippen molar-refractivity contribution >= 4 is 0 Å². The zero-order chi connectivity index (χ0) is 12.3. The summed E-state index contributed by atoms with van der Waals surface area (Å²) in [5.74, 6) is 0.949. The molecule has 0 radical (unpaired) electrons. The summed E-state index contributed by atoms with van der Waals surface area (Å²) >= 11 is 0. The second kappa shape index (κ2) is 6.19. The maximum absolute atomic E-state index is 3.43. The van der Waals surface area contributed by atoms with Gasteiger partial charge >= 0.3 is 0 Å². The molecule has 2 atom stereocenters. The molecule has 17 heavy (non-hydrogen) atoms. The first kappa shape index (κ1) is 13.4. The van der Waals surface area contributed by atoms with Crippen LogP contribution >= 0.6 is 0 Å². The Morgan fingerprint density at radius 2 is 1.65 bits per heavy atom. The third-order valence-electron chi connectivity index (χ3n) is 5.17. The van der Waals surface area contributed by atoms with E-state index in [9.17, 15) is 0 Å². The molecular formula is C15H30N2. The van der Waals surface area contributed by atoms with Crippen LogP contribution in [0.1, 0.15) is 58.3 Å². The van der Waals surface area contributed by atoms with Crippen molar-refractivity contribution in [2.24, 2.45) is 5.92 Å². The van der Waals surface area contributed by atoms with E-state index in [-0.39, 0.29) is 0 Å². The van der Waals surface area contributed by atoms with Gasteiger partial charge in [-0.2, -0.15) is 0 Å². The second-order valence-corrected chi connectivity index (χ2v) is 6.39. The smallest absolute Gasteiger partial charge is 0.00976 e. The Labute approximate surface area is 107 Å². The summed E-state index contributed by atoms with van der Waals surface area (Å²) in [5.41, 5.74) is 0. The molecular weight excluding hydrogens is 208 g/mol. The van der Waals surface area contributed by atoms with Crippen LogP contribution in [-0.2, 0) is 0 Å². The van der Waals surface area contributed by atoms with Crippen molar-refractivity contribution in [1.82, 2.24) is 10.2 Å². The molecule has 2 rings (SSSR count). The van der Waals surface area contributed by atoms with Gasteiger partial charge in [-0.3, -0.25) is 0 Å². The Morgan fingerprint density at radius 1 is 0.941 bits per heavy atom. The molecule has 0 aromatic rings. The fourth-order valence-electron chi connectivity index (χ4n) is 3.84. The van der Waals surface area contributed by atoms with Gasteiger partial charge in [-0.25, -0.2) is 0 Å². The Morgan fingerprint density at radius 3 is 2.24 bits per heavy atom. The lowest BCUT2D eigenvalue weighted by atomic mass is 9.83. The van der Waals surface area contributed by atoms with Crippen molar-refractivity contribution in [3.63, 3.8) is 0 Å². The first-order valence-corrected chi connectivity index (χ1v) is 7.60. The van der Waals surface area contributed by atoms with E-state index in [0.29, 0.717) is 0 Å². The number of hydrogen-bond donors (Lipinski definition) is 1. The molecule has 0 aromatic heterocycles. The molecule has 2 unspecified atom stereocenters. The lowest BCUT2D eigenvalue weighted by molar-refractivity contribution is 0.0902. The standard InChI is InChI=1S/C15H30N2/c1-12-5-4-6-15(11-12)17(3)14-9-7-13(16-2)8-10-14/h12-16H,4-11H2,1-3H3. The molecule has 2 saturated carbocycles. The zero-order valence-electron chi connectivity index (χ0n) is 11.9. The van der Waals surface area contributed by atoms with Crippen LogP contribution in [0.3, 0.4) is 0 Å². The summed E-state index contributed by atoms with van der Waals surface area (Å²) < 4.78 is 0. The van der Waals surface area contributed by atoms with Gasteiger partial charge in [0.05, 0.1) is 0 Å². The minimum Gasteiger partial charge on any atom is -0.317 e. The van der Waals surface area contributed by atoms with E-state index in [2.05, 4.69) is 31.2 Å². The molecule has 0 amide bonds. The van der Waals surface area contributed by atoms with Gasteiger partial charge in [0.2, 0.25) is 0 Å². The highest BCUT2D eigenvalue weighted by atomic mass is 15.2. The SMILES string of the molecule is CNC1CCC(N(C)C2CCCC(C)C2)CC1. The Hall–Kier alpha value is -0.0800. The molecule has 0 aromatic carbocycles. The number of rotatable bonds is 3. The Balaban J connectivity index is 1.81. The van der Waals surface area contributed by atoms with E-state index in [4.69, 9.17) is 0 Å². The summed E-state index contributed by atoms with van der Waals surface area (Å²) in [5, 5.41) is 3.43. The molecule has 0 spiro atoms. The second-order valence-electron chi connectivity index (χ2n) is 6.39. The lowest BCUT2D eigenvalue weighted by Crippen LogP contribution is -2.45. The highest BCUT2D eigenvalue weighted by Crippen LogP contribution is 2.31. The molecule has 2 fully saturated rings. The summed E-state index contributed by atoms with van der Waals surface area (Å²) in [6.07, 6.45) is 11.3. The Kier molecular flexibility index (Phi) is 4.87. The van der Waals surface area contributed by atoms with Crippen LogP contribution in [0.15, 0.2) is 0 Å². The van der Waals surface area contributed by atoms with Crippen molar-refractivity contribution in [3.8, 4) is 0 Å². The third kappa shape index (κ3) is 3.45. The van der Waals surface area contributed by atoms with Crippen LogP contribution in [0.2, 0.25) is 0 Å². The van der Waals surface area contributed by atoms with Crippen molar-refractivity contribution in [2.75, 3.05) is 14.1 Å². The van der Waals surface area contributed by atoms with Crippen LogP contribution in [0.4, 0.5) is 0 Å². The molecule has 0 saturated heterocycles. The molecule has 0 aliphatic heterocycles. The van der Waals surface area contributed by atoms with Crippen molar-refractivity contribution in [1.29, 1.82) is 0 Å². The summed E-state index contributed by atoms with van der Waals surface area (Å²) in [4.78, 5) is 2.72. The maximum atomic E-state index is 3.43. The maximum Gasteiger partial charge on any atom is 0.00976 e. The minimum absolute atomic E-state index is 0.782. The topological polar surface area (TPSA) is 15.3 Å². The first-order chi connectivity index (χ1) is 8.20. The average molecular weight is 238 g/mol. The van der Waals surface area contributed by atoms with E-state index < -0.39 is 0 Å². The van der Waals surface area contributed by atoms with E-state index in [1.54, 1.807) is 0 Å². The fraction of sp³-hybridized carbons (Fsp3) is 1.00. The van der Waals surface area contributed by atoms with E-state index in [1.165, 1.54) is 51.4 Å². The normalized spacial score (nSPS) is 39.5. The van der Waals surface area contributed by atoms with Gasteiger partial charge in [-0.05, 0) is 58.5 Å². The van der Waals surface area contributed by atoms with Gasteiger partial charge in [0.1, 0.15) is 0 Å². The molecule has 2 heteroatoms. The van der Waals surface area contributed by atoms with Crippen molar-refractivity contribution in [3.05, 3.63) is 0 Å². The largest absolute Gasteiger partial charge is 0.317 e. The van der Waals surface area contributed by atoms with Crippen LogP contribution in [0.5, 0.6) is 0 Å². The third-order valence-corrected chi connectivity index (χ3v) is 5.17. The van der Waals surface area contributed by atoms with Gasteiger partial charge in [0, 0.05) is 18.1 Å². The number of hydrogen-bond acceptors (Lipinski definition) is 2. The lowest BCUT2D eigenvalue weighted by Gasteiger charge is -2.41. The van der Waals surface area contributed by atoms with Crippen LogP contribution < -0.4 is 5.32 Å². The molecule has 100 valence electrons. The van der Waals surface area contributed by atoms with E-state index >= 15 is 0 Å². The average Bonchev–Trinajstić information content (AvgIpc) is 2.38. The minimum atomic E-state index is 0.782. The molecule has 2 nitrogen and oxygen atoms in total. The highest BCUT2D eigenvalue weighted by Gasteiger charge is 2.29. The number of nitrogens with zero attached hydrogens (tertiary/aromatic N) is 1. The van der Waals surface area contributed by atoms with Crippen LogP contribution in [0.25, 0.3) is 0 Å². The van der Waals surface area contributed by atoms with Gasteiger partial charge in [0.15, 0.2) is 0 Å². The molecule has 0 bridgehead atoms. The van der Waals surface area contributed by atoms with E-state index in [1.807, 2.05) is 0 Å².